The van der Waals surface area contributed by atoms with Crippen LogP contribution in [0, 0.1) is 11.3 Å². The summed E-state index contributed by atoms with van der Waals surface area (Å²) in [5.41, 5.74) is 6.56. The quantitative estimate of drug-likeness (QED) is 0.676. The number of rotatable bonds is 3. The minimum atomic E-state index is -0.361. The first-order valence-electron chi connectivity index (χ1n) is 8.38. The van der Waals surface area contributed by atoms with Gasteiger partial charge in [-0.05, 0) is 38.5 Å². The number of fused-ring (bicyclic) bond motifs is 2. The van der Waals surface area contributed by atoms with Crippen LogP contribution in [0.25, 0.3) is 11.2 Å². The molecule has 2 aliphatic carbocycles. The second-order valence-electron chi connectivity index (χ2n) is 6.76. The van der Waals surface area contributed by atoms with Crippen LogP contribution in [0.15, 0.2) is 6.33 Å². The predicted molar refractivity (Wildman–Crippen MR) is 89.4 cm³/mol. The van der Waals surface area contributed by atoms with Gasteiger partial charge >= 0.3 is 5.97 Å². The van der Waals surface area contributed by atoms with Crippen molar-refractivity contribution in [2.75, 3.05) is 12.3 Å². The first-order chi connectivity index (χ1) is 11.5. The molecule has 2 heterocycles. The highest BCUT2D eigenvalue weighted by Gasteiger charge is 2.56. The zero-order valence-electron chi connectivity index (χ0n) is 13.5. The number of halogens is 1. The van der Waals surface area contributed by atoms with Crippen molar-refractivity contribution in [1.82, 2.24) is 19.5 Å². The van der Waals surface area contributed by atoms with Crippen molar-refractivity contribution in [3.05, 3.63) is 11.5 Å². The van der Waals surface area contributed by atoms with Crippen molar-refractivity contribution in [3.8, 4) is 0 Å². The van der Waals surface area contributed by atoms with Crippen LogP contribution in [0.2, 0.25) is 5.15 Å². The topological polar surface area (TPSA) is 95.9 Å². The summed E-state index contributed by atoms with van der Waals surface area (Å²) < 4.78 is 7.39. The van der Waals surface area contributed by atoms with Crippen molar-refractivity contribution in [3.63, 3.8) is 0 Å². The van der Waals surface area contributed by atoms with Gasteiger partial charge in [0, 0.05) is 6.04 Å². The predicted octanol–water partition coefficient (Wildman–Crippen LogP) is 2.75. The van der Waals surface area contributed by atoms with Gasteiger partial charge in [-0.15, -0.1) is 0 Å². The minimum absolute atomic E-state index is 0.0495. The van der Waals surface area contributed by atoms with Gasteiger partial charge in [0.15, 0.2) is 10.8 Å². The first kappa shape index (κ1) is 15.6. The van der Waals surface area contributed by atoms with Crippen LogP contribution < -0.4 is 5.73 Å². The van der Waals surface area contributed by atoms with E-state index in [4.69, 9.17) is 22.1 Å². The minimum Gasteiger partial charge on any atom is -0.466 e. The molecule has 2 saturated carbocycles. The Hall–Kier alpha value is -1.89. The number of nitrogen functional groups attached to an aromatic ring is 1. The SMILES string of the molecule is CCOC(=O)[C@]12CCC[C@H]1C[C@H](n1cnc3c(Cl)nc(N)nc31)C2. The van der Waals surface area contributed by atoms with Gasteiger partial charge < -0.3 is 15.0 Å². The molecule has 128 valence electrons. The lowest BCUT2D eigenvalue weighted by Crippen LogP contribution is -2.33. The molecule has 24 heavy (non-hydrogen) atoms. The lowest BCUT2D eigenvalue weighted by atomic mass is 9.80. The monoisotopic (exact) mass is 349 g/mol. The maximum atomic E-state index is 12.6. The Morgan fingerprint density at radius 3 is 3.17 bits per heavy atom. The van der Waals surface area contributed by atoms with E-state index < -0.39 is 0 Å². The molecule has 0 amide bonds. The lowest BCUT2D eigenvalue weighted by molar-refractivity contribution is -0.156. The molecule has 4 rings (SSSR count). The summed E-state index contributed by atoms with van der Waals surface area (Å²) in [5, 5.41) is 0.259. The van der Waals surface area contributed by atoms with Crippen LogP contribution >= 0.6 is 11.6 Å². The van der Waals surface area contributed by atoms with E-state index in [9.17, 15) is 4.79 Å². The Bertz CT molecular complexity index is 807. The Morgan fingerprint density at radius 1 is 1.54 bits per heavy atom. The Morgan fingerprint density at radius 2 is 2.38 bits per heavy atom. The average Bonchev–Trinajstić information content (AvgIpc) is 3.18. The molecule has 0 aromatic carbocycles. The fourth-order valence-corrected chi connectivity index (χ4v) is 4.81. The van der Waals surface area contributed by atoms with Crippen LogP contribution in [0.4, 0.5) is 5.95 Å². The largest absolute Gasteiger partial charge is 0.466 e. The van der Waals surface area contributed by atoms with Crippen molar-refractivity contribution in [2.45, 2.75) is 45.1 Å². The lowest BCUT2D eigenvalue weighted by Gasteiger charge is -2.26. The molecule has 8 heteroatoms. The Kier molecular flexibility index (Phi) is 3.63. The number of carbonyl (C=O) groups is 1. The highest BCUT2D eigenvalue weighted by atomic mass is 35.5. The number of aromatic nitrogens is 4. The van der Waals surface area contributed by atoms with Crippen LogP contribution in [-0.4, -0.2) is 32.1 Å². The summed E-state index contributed by atoms with van der Waals surface area (Å²) in [6.45, 7) is 2.28. The van der Waals surface area contributed by atoms with Crippen molar-refractivity contribution < 1.29 is 9.53 Å². The number of hydrogen-bond acceptors (Lipinski definition) is 6. The third kappa shape index (κ3) is 2.17. The van der Waals surface area contributed by atoms with E-state index in [1.807, 2.05) is 11.5 Å². The zero-order chi connectivity index (χ0) is 16.9. The average molecular weight is 350 g/mol. The third-order valence-electron chi connectivity index (χ3n) is 5.58. The van der Waals surface area contributed by atoms with Gasteiger partial charge in [-0.1, -0.05) is 18.0 Å². The van der Waals surface area contributed by atoms with Gasteiger partial charge in [0.25, 0.3) is 0 Å². The molecule has 0 radical (unpaired) electrons. The Balaban J connectivity index is 1.71. The van der Waals surface area contributed by atoms with Gasteiger partial charge in [0.2, 0.25) is 5.95 Å². The van der Waals surface area contributed by atoms with Gasteiger partial charge in [0.1, 0.15) is 5.52 Å². The van der Waals surface area contributed by atoms with E-state index in [1.54, 1.807) is 6.33 Å². The van der Waals surface area contributed by atoms with E-state index >= 15 is 0 Å². The normalized spacial score (nSPS) is 29.1. The number of esters is 1. The number of hydrogen-bond donors (Lipinski definition) is 1. The summed E-state index contributed by atoms with van der Waals surface area (Å²) >= 11 is 6.12. The van der Waals surface area contributed by atoms with Gasteiger partial charge in [-0.25, -0.2) is 4.98 Å². The first-order valence-corrected chi connectivity index (χ1v) is 8.75. The standard InChI is InChI=1S/C16H20ClN5O2/c1-2-24-14(23)16-5-3-4-9(16)6-10(7-16)22-8-19-11-12(17)20-15(18)21-13(11)22/h8-10H,2-7H2,1H3,(H2,18,20,21)/t9-,10-,16-/m0/s1. The highest BCUT2D eigenvalue weighted by molar-refractivity contribution is 6.33. The fourth-order valence-electron chi connectivity index (χ4n) is 4.59. The molecule has 2 N–H and O–H groups in total. The molecule has 2 fully saturated rings. The summed E-state index contributed by atoms with van der Waals surface area (Å²) in [6.07, 6.45) is 6.46. The summed E-state index contributed by atoms with van der Waals surface area (Å²) in [7, 11) is 0. The molecule has 2 aromatic heterocycles. The maximum absolute atomic E-state index is 12.6. The fraction of sp³-hybridized carbons (Fsp3) is 0.625. The molecular weight excluding hydrogens is 330 g/mol. The van der Waals surface area contributed by atoms with Gasteiger partial charge in [-0.2, -0.15) is 9.97 Å². The number of imidazole rings is 1. The summed E-state index contributed by atoms with van der Waals surface area (Å²) in [6, 6.07) is 0.148. The smallest absolute Gasteiger partial charge is 0.312 e. The number of nitrogens with zero attached hydrogens (tertiary/aromatic N) is 4. The summed E-state index contributed by atoms with van der Waals surface area (Å²) in [5.74, 6) is 0.438. The molecule has 2 aromatic rings. The number of nitrogens with two attached hydrogens (primary N) is 1. The van der Waals surface area contributed by atoms with Crippen molar-refractivity contribution in [1.29, 1.82) is 0 Å². The molecule has 2 aliphatic rings. The van der Waals surface area contributed by atoms with Gasteiger partial charge in [-0.3, -0.25) is 4.79 Å². The molecule has 0 aliphatic heterocycles. The Labute approximate surface area is 144 Å². The van der Waals surface area contributed by atoms with Crippen LogP contribution in [0.5, 0.6) is 0 Å². The molecule has 0 spiro atoms. The molecule has 0 unspecified atom stereocenters. The van der Waals surface area contributed by atoms with E-state index in [0.717, 1.165) is 32.1 Å². The molecule has 0 saturated heterocycles. The van der Waals surface area contributed by atoms with E-state index in [-0.39, 0.29) is 28.5 Å². The number of ether oxygens (including phenoxy) is 1. The highest BCUT2D eigenvalue weighted by Crippen LogP contribution is 2.58. The molecule has 0 bridgehead atoms. The van der Waals surface area contributed by atoms with Crippen molar-refractivity contribution in [2.24, 2.45) is 11.3 Å². The third-order valence-corrected chi connectivity index (χ3v) is 5.85. The van der Waals surface area contributed by atoms with E-state index in [2.05, 4.69) is 15.0 Å². The van der Waals surface area contributed by atoms with Crippen LogP contribution in [-0.2, 0) is 9.53 Å². The molecule has 7 nitrogen and oxygen atoms in total. The molecule has 3 atom stereocenters. The van der Waals surface area contributed by atoms with E-state index in [0.29, 0.717) is 23.7 Å². The van der Waals surface area contributed by atoms with Gasteiger partial charge in [0.05, 0.1) is 18.3 Å². The van der Waals surface area contributed by atoms with Crippen LogP contribution in [0.3, 0.4) is 0 Å². The zero-order valence-corrected chi connectivity index (χ0v) is 14.3. The van der Waals surface area contributed by atoms with Crippen molar-refractivity contribution >= 4 is 34.7 Å². The second-order valence-corrected chi connectivity index (χ2v) is 7.11. The molecular formula is C16H20ClN5O2. The second kappa shape index (κ2) is 5.58. The number of carbonyl (C=O) groups excluding carboxylic acids is 1. The summed E-state index contributed by atoms with van der Waals surface area (Å²) in [4.78, 5) is 25.2. The number of anilines is 1. The van der Waals surface area contributed by atoms with Crippen LogP contribution in [0.1, 0.15) is 45.1 Å². The van der Waals surface area contributed by atoms with E-state index in [1.165, 1.54) is 0 Å². The maximum Gasteiger partial charge on any atom is 0.312 e.